The van der Waals surface area contributed by atoms with Gasteiger partial charge in [0.25, 0.3) is 11.8 Å². The molecule has 0 aliphatic rings. The van der Waals surface area contributed by atoms with Crippen LogP contribution in [0.1, 0.15) is 38.5 Å². The van der Waals surface area contributed by atoms with Crippen molar-refractivity contribution in [1.29, 1.82) is 0 Å². The zero-order valence-electron chi connectivity index (χ0n) is 13.3. The molecule has 10 heteroatoms. The van der Waals surface area contributed by atoms with E-state index < -0.39 is 23.7 Å². The molecule has 0 aromatic rings. The molecule has 142 valence electrons. The number of alkyl halides is 4. The van der Waals surface area contributed by atoms with E-state index in [1.807, 2.05) is 0 Å². The van der Waals surface area contributed by atoms with E-state index in [2.05, 4.69) is 0 Å². The number of hydrogen-bond acceptors (Lipinski definition) is 4. The Morgan fingerprint density at radius 3 is 1.29 bits per heavy atom. The summed E-state index contributed by atoms with van der Waals surface area (Å²) < 4.78 is 54.2. The number of unbranched alkanes of at least 4 members (excludes halogenated alkanes) is 4. The molecule has 0 unspecified atom stereocenters. The van der Waals surface area contributed by atoms with E-state index in [0.29, 0.717) is 25.7 Å². The molecule has 24 heavy (non-hydrogen) atoms. The summed E-state index contributed by atoms with van der Waals surface area (Å²) in [6.07, 6.45) is 2.17. The SMILES string of the molecule is O=C(NCCCCCO)C(F)(F)C(F)(F)C(=O)NCCCCCO. The van der Waals surface area contributed by atoms with Crippen LogP contribution >= 0.6 is 0 Å². The fourth-order valence-electron chi connectivity index (χ4n) is 1.74. The Kier molecular flexibility index (Phi) is 10.5. The lowest BCUT2D eigenvalue weighted by atomic mass is 10.1. The molecule has 6 nitrogen and oxygen atoms in total. The molecule has 0 heterocycles. The normalized spacial score (nSPS) is 12.1. The zero-order chi connectivity index (χ0) is 18.6. The van der Waals surface area contributed by atoms with Crippen molar-refractivity contribution >= 4 is 11.8 Å². The first kappa shape index (κ1) is 22.6. The predicted octanol–water partition coefficient (Wildman–Crippen LogP) is 0.815. The average Bonchev–Trinajstić information content (AvgIpc) is 2.53. The summed E-state index contributed by atoms with van der Waals surface area (Å²) in [4.78, 5) is 22.5. The van der Waals surface area contributed by atoms with Crippen LogP contribution in [0.25, 0.3) is 0 Å². The third kappa shape index (κ3) is 7.00. The van der Waals surface area contributed by atoms with Crippen LogP contribution in [0, 0.1) is 0 Å². The first-order chi connectivity index (χ1) is 11.2. The molecule has 0 bridgehead atoms. The number of rotatable bonds is 13. The van der Waals surface area contributed by atoms with E-state index in [1.54, 1.807) is 10.6 Å². The second-order valence-electron chi connectivity index (χ2n) is 5.23. The first-order valence-electron chi connectivity index (χ1n) is 7.75. The monoisotopic (exact) mass is 360 g/mol. The van der Waals surface area contributed by atoms with E-state index in [9.17, 15) is 27.2 Å². The molecule has 0 atom stereocenters. The van der Waals surface area contributed by atoms with Crippen molar-refractivity contribution in [3.8, 4) is 0 Å². The van der Waals surface area contributed by atoms with E-state index in [4.69, 9.17) is 10.2 Å². The molecule has 0 radical (unpaired) electrons. The Bertz CT molecular complexity index is 359. The summed E-state index contributed by atoms with van der Waals surface area (Å²) in [5, 5.41) is 20.4. The Morgan fingerprint density at radius 1 is 0.667 bits per heavy atom. The van der Waals surface area contributed by atoms with Gasteiger partial charge in [-0.25, -0.2) is 0 Å². The molecule has 4 N–H and O–H groups in total. The minimum absolute atomic E-state index is 0.0966. The van der Waals surface area contributed by atoms with Crippen LogP contribution in [0.4, 0.5) is 17.6 Å². The summed E-state index contributed by atoms with van der Waals surface area (Å²) in [6, 6.07) is 0. The maximum Gasteiger partial charge on any atom is 0.395 e. The minimum atomic E-state index is -5.17. The molecule has 0 fully saturated rings. The number of carbonyl (C=O) groups excluding carboxylic acids is 2. The fourth-order valence-corrected chi connectivity index (χ4v) is 1.74. The van der Waals surface area contributed by atoms with Gasteiger partial charge in [-0.15, -0.1) is 0 Å². The molecular weight excluding hydrogens is 336 g/mol. The Hall–Kier alpha value is -1.42. The van der Waals surface area contributed by atoms with Crippen LogP contribution in [0.15, 0.2) is 0 Å². The number of hydrogen-bond donors (Lipinski definition) is 4. The third-order valence-electron chi connectivity index (χ3n) is 3.21. The number of nitrogens with one attached hydrogen (secondary N) is 2. The molecule has 0 aliphatic carbocycles. The maximum atomic E-state index is 13.6. The average molecular weight is 360 g/mol. The molecule has 0 spiro atoms. The second kappa shape index (κ2) is 11.2. The molecule has 0 aromatic heterocycles. The van der Waals surface area contributed by atoms with E-state index in [-0.39, 0.29) is 39.1 Å². The van der Waals surface area contributed by atoms with Crippen molar-refractivity contribution in [2.24, 2.45) is 0 Å². The highest BCUT2D eigenvalue weighted by Crippen LogP contribution is 2.34. The van der Waals surface area contributed by atoms with E-state index in [0.717, 1.165) is 0 Å². The van der Waals surface area contributed by atoms with Crippen LogP contribution in [0.2, 0.25) is 0 Å². The highest BCUT2D eigenvalue weighted by molar-refractivity contribution is 5.95. The Morgan fingerprint density at radius 2 is 1.00 bits per heavy atom. The topological polar surface area (TPSA) is 98.7 Å². The quantitative estimate of drug-likeness (QED) is 0.289. The lowest BCUT2D eigenvalue weighted by Gasteiger charge is -2.24. The molecule has 0 saturated heterocycles. The minimum Gasteiger partial charge on any atom is -0.396 e. The number of aliphatic hydroxyl groups is 2. The maximum absolute atomic E-state index is 13.6. The van der Waals surface area contributed by atoms with Gasteiger partial charge in [-0.2, -0.15) is 17.6 Å². The second-order valence-corrected chi connectivity index (χ2v) is 5.23. The van der Waals surface area contributed by atoms with Crippen molar-refractivity contribution in [2.75, 3.05) is 26.3 Å². The summed E-state index contributed by atoms with van der Waals surface area (Å²) in [5.74, 6) is -14.8. The molecular formula is C14H24F4N2O4. The molecule has 0 aromatic carbocycles. The standard InChI is InChI=1S/C14H24F4N2O4/c15-13(16,11(23)19-7-3-1-5-9-21)14(17,18)12(24)20-8-4-2-6-10-22/h21-22H,1-10H2,(H,19,23)(H,20,24). The predicted molar refractivity (Wildman–Crippen MR) is 77.8 cm³/mol. The van der Waals surface area contributed by atoms with Crippen molar-refractivity contribution in [1.82, 2.24) is 10.6 Å². The summed E-state index contributed by atoms with van der Waals surface area (Å²) in [7, 11) is 0. The Balaban J connectivity index is 4.44. The molecule has 0 rings (SSSR count). The smallest absolute Gasteiger partial charge is 0.395 e. The van der Waals surface area contributed by atoms with Crippen LogP contribution in [0.3, 0.4) is 0 Å². The van der Waals surface area contributed by atoms with Gasteiger partial charge in [0.2, 0.25) is 0 Å². The van der Waals surface area contributed by atoms with Crippen LogP contribution in [-0.2, 0) is 9.59 Å². The van der Waals surface area contributed by atoms with Crippen LogP contribution in [-0.4, -0.2) is 60.2 Å². The first-order valence-corrected chi connectivity index (χ1v) is 7.75. The van der Waals surface area contributed by atoms with Gasteiger partial charge in [0.05, 0.1) is 0 Å². The lowest BCUT2D eigenvalue weighted by molar-refractivity contribution is -0.211. The number of amides is 2. The van der Waals surface area contributed by atoms with Gasteiger partial charge in [-0.05, 0) is 38.5 Å². The van der Waals surface area contributed by atoms with Crippen molar-refractivity contribution in [2.45, 2.75) is 50.4 Å². The van der Waals surface area contributed by atoms with Gasteiger partial charge in [0.15, 0.2) is 0 Å². The van der Waals surface area contributed by atoms with Gasteiger partial charge in [-0.1, -0.05) is 0 Å². The summed E-state index contributed by atoms with van der Waals surface area (Å²) in [6.45, 7) is -0.706. The van der Waals surface area contributed by atoms with Gasteiger partial charge < -0.3 is 20.8 Å². The van der Waals surface area contributed by atoms with Crippen molar-refractivity contribution in [3.05, 3.63) is 0 Å². The number of halogens is 4. The van der Waals surface area contributed by atoms with Gasteiger partial charge in [0.1, 0.15) is 0 Å². The molecule has 2 amide bonds. The van der Waals surface area contributed by atoms with Crippen LogP contribution in [0.5, 0.6) is 0 Å². The summed E-state index contributed by atoms with van der Waals surface area (Å²) in [5.41, 5.74) is 0. The highest BCUT2D eigenvalue weighted by atomic mass is 19.3. The highest BCUT2D eigenvalue weighted by Gasteiger charge is 2.66. The van der Waals surface area contributed by atoms with Gasteiger partial charge in [0, 0.05) is 26.3 Å². The molecule has 0 aliphatic heterocycles. The molecule has 0 saturated carbocycles. The Labute approximate surface area is 137 Å². The number of aliphatic hydroxyl groups excluding tert-OH is 2. The third-order valence-corrected chi connectivity index (χ3v) is 3.21. The fraction of sp³-hybridized carbons (Fsp3) is 0.857. The summed E-state index contributed by atoms with van der Waals surface area (Å²) >= 11 is 0. The van der Waals surface area contributed by atoms with Crippen molar-refractivity contribution in [3.63, 3.8) is 0 Å². The lowest BCUT2D eigenvalue weighted by Crippen LogP contribution is -2.59. The van der Waals surface area contributed by atoms with Gasteiger partial charge in [-0.3, -0.25) is 9.59 Å². The number of carbonyl (C=O) groups is 2. The van der Waals surface area contributed by atoms with Gasteiger partial charge >= 0.3 is 11.8 Å². The van der Waals surface area contributed by atoms with E-state index in [1.165, 1.54) is 0 Å². The van der Waals surface area contributed by atoms with Crippen LogP contribution < -0.4 is 10.6 Å². The van der Waals surface area contributed by atoms with Crippen molar-refractivity contribution < 1.29 is 37.4 Å². The largest absolute Gasteiger partial charge is 0.396 e. The van der Waals surface area contributed by atoms with E-state index >= 15 is 0 Å². The zero-order valence-corrected chi connectivity index (χ0v) is 13.3.